The lowest BCUT2D eigenvalue weighted by atomic mass is 10.0. The number of benzene rings is 1. The monoisotopic (exact) mass is 289 g/mol. The minimum absolute atomic E-state index is 0.116. The van der Waals surface area contributed by atoms with Crippen molar-refractivity contribution in [2.45, 2.75) is 19.0 Å². The number of piperazine rings is 1. The number of carboxylic acids is 1. The Balaban J connectivity index is 1.53. The van der Waals surface area contributed by atoms with Crippen LogP contribution in [0, 0.1) is 0 Å². The zero-order valence-electron chi connectivity index (χ0n) is 12.3. The summed E-state index contributed by atoms with van der Waals surface area (Å²) in [4.78, 5) is 15.9. The van der Waals surface area contributed by atoms with Crippen LogP contribution >= 0.6 is 0 Å². The van der Waals surface area contributed by atoms with Crippen LogP contribution < -0.4 is 5.32 Å². The van der Waals surface area contributed by atoms with Crippen LogP contribution in [0.4, 0.5) is 0 Å². The maximum Gasteiger partial charge on any atom is 0.307 e. The van der Waals surface area contributed by atoms with Gasteiger partial charge in [-0.25, -0.2) is 0 Å². The number of hydrogen-bond acceptors (Lipinski definition) is 4. The third-order valence-electron chi connectivity index (χ3n) is 4.46. The number of carbonyl (C=O) groups is 1. The van der Waals surface area contributed by atoms with Gasteiger partial charge in [0.1, 0.15) is 0 Å². The molecule has 0 radical (unpaired) electrons. The zero-order valence-corrected chi connectivity index (χ0v) is 12.3. The van der Waals surface area contributed by atoms with E-state index in [1.807, 2.05) is 18.2 Å². The topological polar surface area (TPSA) is 55.8 Å². The Bertz CT molecular complexity index is 494. The highest BCUT2D eigenvalue weighted by atomic mass is 16.4. The van der Waals surface area contributed by atoms with Crippen LogP contribution in [0.5, 0.6) is 0 Å². The molecular formula is C16H23N3O2. The second kappa shape index (κ2) is 6.56. The molecule has 2 fully saturated rings. The Hall–Kier alpha value is -1.43. The van der Waals surface area contributed by atoms with Crippen molar-refractivity contribution >= 4 is 5.97 Å². The number of carboxylic acid groups (broad SMARTS) is 1. The number of nitrogens with zero attached hydrogens (tertiary/aromatic N) is 2. The van der Waals surface area contributed by atoms with Gasteiger partial charge in [-0.15, -0.1) is 0 Å². The average molecular weight is 289 g/mol. The molecule has 0 saturated carbocycles. The molecule has 3 rings (SSSR count). The SMILES string of the molecule is O=C(O)Cc1ccccc1CN1CC(N2CCNCC2)C1. The predicted molar refractivity (Wildman–Crippen MR) is 81.3 cm³/mol. The molecular weight excluding hydrogens is 266 g/mol. The summed E-state index contributed by atoms with van der Waals surface area (Å²) >= 11 is 0. The molecule has 0 spiro atoms. The van der Waals surface area contributed by atoms with E-state index >= 15 is 0 Å². The Morgan fingerprint density at radius 2 is 1.86 bits per heavy atom. The Morgan fingerprint density at radius 3 is 2.52 bits per heavy atom. The molecule has 2 saturated heterocycles. The van der Waals surface area contributed by atoms with Crippen LogP contribution in [-0.4, -0.2) is 66.2 Å². The number of hydrogen-bond donors (Lipinski definition) is 2. The standard InChI is InChI=1S/C16H23N3O2/c20-16(21)9-13-3-1-2-4-14(13)10-18-11-15(12-18)19-7-5-17-6-8-19/h1-4,15,17H,5-12H2,(H,20,21). The molecule has 0 aromatic heterocycles. The molecule has 114 valence electrons. The molecule has 2 heterocycles. The quantitative estimate of drug-likeness (QED) is 0.822. The first-order chi connectivity index (χ1) is 10.2. The van der Waals surface area contributed by atoms with Crippen LogP contribution in [0.1, 0.15) is 11.1 Å². The van der Waals surface area contributed by atoms with Crippen molar-refractivity contribution in [2.75, 3.05) is 39.3 Å². The molecule has 1 aromatic carbocycles. The van der Waals surface area contributed by atoms with Gasteiger partial charge in [0.25, 0.3) is 0 Å². The first-order valence-corrected chi connectivity index (χ1v) is 7.68. The fourth-order valence-electron chi connectivity index (χ4n) is 3.24. The molecule has 0 unspecified atom stereocenters. The minimum atomic E-state index is -0.759. The van der Waals surface area contributed by atoms with Crippen LogP contribution in [0.25, 0.3) is 0 Å². The van der Waals surface area contributed by atoms with E-state index in [4.69, 9.17) is 5.11 Å². The molecule has 0 amide bonds. The van der Waals surface area contributed by atoms with Crippen molar-refractivity contribution in [3.8, 4) is 0 Å². The van der Waals surface area contributed by atoms with Gasteiger partial charge in [-0.2, -0.15) is 0 Å². The number of rotatable bonds is 5. The van der Waals surface area contributed by atoms with Crippen molar-refractivity contribution in [3.63, 3.8) is 0 Å². The summed E-state index contributed by atoms with van der Waals surface area (Å²) in [5.41, 5.74) is 2.09. The second-order valence-corrected chi connectivity index (χ2v) is 5.97. The maximum absolute atomic E-state index is 10.9. The van der Waals surface area contributed by atoms with E-state index in [-0.39, 0.29) is 6.42 Å². The van der Waals surface area contributed by atoms with Crippen molar-refractivity contribution in [1.82, 2.24) is 15.1 Å². The van der Waals surface area contributed by atoms with Crippen LogP contribution in [0.2, 0.25) is 0 Å². The highest BCUT2D eigenvalue weighted by Gasteiger charge is 2.32. The van der Waals surface area contributed by atoms with E-state index in [1.54, 1.807) is 0 Å². The number of nitrogens with one attached hydrogen (secondary N) is 1. The molecule has 2 aliphatic heterocycles. The van der Waals surface area contributed by atoms with E-state index in [2.05, 4.69) is 21.2 Å². The van der Waals surface area contributed by atoms with Crippen molar-refractivity contribution < 1.29 is 9.90 Å². The lowest BCUT2D eigenvalue weighted by Crippen LogP contribution is -2.62. The molecule has 21 heavy (non-hydrogen) atoms. The lowest BCUT2D eigenvalue weighted by molar-refractivity contribution is -0.136. The van der Waals surface area contributed by atoms with Crippen molar-refractivity contribution in [1.29, 1.82) is 0 Å². The smallest absolute Gasteiger partial charge is 0.307 e. The first-order valence-electron chi connectivity index (χ1n) is 7.68. The summed E-state index contributed by atoms with van der Waals surface area (Å²) < 4.78 is 0. The molecule has 0 bridgehead atoms. The van der Waals surface area contributed by atoms with Gasteiger partial charge in [0, 0.05) is 51.9 Å². The van der Waals surface area contributed by atoms with Gasteiger partial charge in [0.2, 0.25) is 0 Å². The van der Waals surface area contributed by atoms with E-state index in [1.165, 1.54) is 0 Å². The second-order valence-electron chi connectivity index (χ2n) is 5.97. The fourth-order valence-corrected chi connectivity index (χ4v) is 3.24. The molecule has 0 aliphatic carbocycles. The number of aliphatic carboxylic acids is 1. The molecule has 5 heteroatoms. The van der Waals surface area contributed by atoms with Gasteiger partial charge in [0.15, 0.2) is 0 Å². The van der Waals surface area contributed by atoms with Crippen molar-refractivity contribution in [2.24, 2.45) is 0 Å². The summed E-state index contributed by atoms with van der Waals surface area (Å²) in [6, 6.07) is 8.57. The van der Waals surface area contributed by atoms with Gasteiger partial charge in [-0.1, -0.05) is 24.3 Å². The normalized spacial score (nSPS) is 21.1. The molecule has 1 aromatic rings. The largest absolute Gasteiger partial charge is 0.481 e. The molecule has 2 N–H and O–H groups in total. The predicted octanol–water partition coefficient (Wildman–Crippen LogP) is 0.403. The van der Waals surface area contributed by atoms with Crippen LogP contribution in [0.15, 0.2) is 24.3 Å². The van der Waals surface area contributed by atoms with Crippen molar-refractivity contribution in [3.05, 3.63) is 35.4 Å². The highest BCUT2D eigenvalue weighted by molar-refractivity contribution is 5.70. The average Bonchev–Trinajstić information content (AvgIpc) is 2.44. The summed E-state index contributed by atoms with van der Waals surface area (Å²) in [5.74, 6) is -0.759. The van der Waals surface area contributed by atoms with E-state index in [0.29, 0.717) is 6.04 Å². The first kappa shape index (κ1) is 14.5. The third-order valence-corrected chi connectivity index (χ3v) is 4.46. The summed E-state index contributed by atoms with van der Waals surface area (Å²) in [6.07, 6.45) is 0.116. The van der Waals surface area contributed by atoms with Gasteiger partial charge in [-0.3, -0.25) is 14.6 Å². The van der Waals surface area contributed by atoms with E-state index in [0.717, 1.165) is 56.9 Å². The summed E-state index contributed by atoms with van der Waals surface area (Å²) in [7, 11) is 0. The third kappa shape index (κ3) is 3.61. The van der Waals surface area contributed by atoms with Crippen LogP contribution in [-0.2, 0) is 17.8 Å². The Labute approximate surface area is 125 Å². The highest BCUT2D eigenvalue weighted by Crippen LogP contribution is 2.20. The van der Waals surface area contributed by atoms with Gasteiger partial charge in [0.05, 0.1) is 6.42 Å². The maximum atomic E-state index is 10.9. The number of likely N-dealkylation sites (tertiary alicyclic amines) is 1. The van der Waals surface area contributed by atoms with E-state index in [9.17, 15) is 4.79 Å². The lowest BCUT2D eigenvalue weighted by Gasteiger charge is -2.47. The Kier molecular flexibility index (Phi) is 4.53. The van der Waals surface area contributed by atoms with Gasteiger partial charge >= 0.3 is 5.97 Å². The Morgan fingerprint density at radius 1 is 1.19 bits per heavy atom. The fraction of sp³-hybridized carbons (Fsp3) is 0.562. The van der Waals surface area contributed by atoms with Gasteiger partial charge in [-0.05, 0) is 11.1 Å². The van der Waals surface area contributed by atoms with Crippen LogP contribution in [0.3, 0.4) is 0 Å². The minimum Gasteiger partial charge on any atom is -0.481 e. The molecule has 5 nitrogen and oxygen atoms in total. The summed E-state index contributed by atoms with van der Waals surface area (Å²) in [6.45, 7) is 7.55. The molecule has 2 aliphatic rings. The molecule has 0 atom stereocenters. The zero-order chi connectivity index (χ0) is 14.7. The van der Waals surface area contributed by atoms with E-state index < -0.39 is 5.97 Å². The van der Waals surface area contributed by atoms with Gasteiger partial charge < -0.3 is 10.4 Å². The summed E-state index contributed by atoms with van der Waals surface area (Å²) in [5, 5.41) is 12.4.